The second kappa shape index (κ2) is 3.21. The van der Waals surface area contributed by atoms with Gasteiger partial charge in [0.05, 0.1) is 0 Å². The van der Waals surface area contributed by atoms with Crippen LogP contribution < -0.4 is 4.72 Å². The van der Waals surface area contributed by atoms with Gasteiger partial charge in [-0.1, -0.05) is 12.8 Å². The Labute approximate surface area is 64.1 Å². The zero-order valence-electron chi connectivity index (χ0n) is 5.38. The number of halogens is 1. The lowest BCUT2D eigenvalue weighted by Crippen LogP contribution is -2.35. The molecule has 1 saturated heterocycles. The molecule has 0 radical (unpaired) electrons. The van der Waals surface area contributed by atoms with Crippen LogP contribution in [0.1, 0.15) is 12.8 Å². The van der Waals surface area contributed by atoms with Gasteiger partial charge in [-0.25, -0.2) is 0 Å². The molecule has 1 atom stereocenters. The third-order valence-electron chi connectivity index (χ3n) is 1.60. The second-order valence-corrected chi connectivity index (χ2v) is 2.48. The minimum atomic E-state index is -0.613. The lowest BCUT2D eigenvalue weighted by Gasteiger charge is -2.11. The van der Waals surface area contributed by atoms with Crippen LogP contribution in [0.4, 0.5) is 4.48 Å². The molecule has 3 nitrogen and oxygen atoms in total. The van der Waals surface area contributed by atoms with E-state index in [4.69, 9.17) is 0 Å². The van der Waals surface area contributed by atoms with E-state index in [-0.39, 0.29) is 5.91 Å². The first kappa shape index (κ1) is 7.81. The number of carbonyl (C=O) groups is 1. The van der Waals surface area contributed by atoms with Crippen LogP contribution in [0.5, 0.6) is 0 Å². The molecule has 0 spiro atoms. The number of rotatable bonds is 1. The third kappa shape index (κ3) is 1.41. The van der Waals surface area contributed by atoms with E-state index in [9.17, 15) is 9.28 Å². The van der Waals surface area contributed by atoms with Gasteiger partial charge in [0, 0.05) is 6.54 Å². The number of hydrogen-bond acceptors (Lipinski definition) is 3. The summed E-state index contributed by atoms with van der Waals surface area (Å²) in [5, 5.41) is 0.547. The summed E-state index contributed by atoms with van der Waals surface area (Å²) >= 11 is 3.54. The molecule has 1 unspecified atom stereocenters. The highest BCUT2D eigenvalue weighted by atomic mass is 32.1. The normalized spacial score (nSPS) is 26.8. The predicted molar refractivity (Wildman–Crippen MR) is 38.0 cm³/mol. The fourth-order valence-corrected chi connectivity index (χ4v) is 1.21. The molecule has 0 bridgehead atoms. The van der Waals surface area contributed by atoms with Gasteiger partial charge in [-0.05, 0) is 12.8 Å². The standard InChI is InChI=1S/C5H9FN2OS/c6-8-3-1-2-4(8)5(9)7-10/h4,10H,1-3H2,(H,7,9). The number of nitrogens with zero attached hydrogens (tertiary/aromatic N) is 1. The largest absolute Gasteiger partial charge is 0.301 e. The van der Waals surface area contributed by atoms with Crippen molar-refractivity contribution in [2.45, 2.75) is 18.9 Å². The molecule has 0 aromatic carbocycles. The van der Waals surface area contributed by atoms with Gasteiger partial charge in [0.15, 0.2) is 0 Å². The highest BCUT2D eigenvalue weighted by Gasteiger charge is 2.30. The summed E-state index contributed by atoms with van der Waals surface area (Å²) in [4.78, 5) is 10.8. The summed E-state index contributed by atoms with van der Waals surface area (Å²) < 4.78 is 14.7. The molecule has 1 N–H and O–H groups in total. The van der Waals surface area contributed by atoms with E-state index in [0.29, 0.717) is 18.1 Å². The molecule has 58 valence electrons. The molecule has 0 aliphatic carbocycles. The first-order valence-electron chi connectivity index (χ1n) is 3.12. The molecule has 1 amide bonds. The van der Waals surface area contributed by atoms with Gasteiger partial charge in [0.25, 0.3) is 0 Å². The Bertz CT molecular complexity index is 144. The van der Waals surface area contributed by atoms with Crippen LogP contribution in [0.15, 0.2) is 0 Å². The van der Waals surface area contributed by atoms with Crippen LogP contribution in [-0.2, 0) is 4.79 Å². The molecule has 0 aromatic heterocycles. The molecule has 10 heavy (non-hydrogen) atoms. The lowest BCUT2D eigenvalue weighted by atomic mass is 10.2. The SMILES string of the molecule is O=C(NS)C1CCCN1F. The molecule has 1 heterocycles. The average molecular weight is 164 g/mol. The van der Waals surface area contributed by atoms with Crippen molar-refractivity contribution < 1.29 is 9.28 Å². The topological polar surface area (TPSA) is 32.3 Å². The van der Waals surface area contributed by atoms with E-state index in [1.165, 1.54) is 0 Å². The molecule has 0 aromatic rings. The number of hydrogen-bond donors (Lipinski definition) is 2. The van der Waals surface area contributed by atoms with Gasteiger partial charge in [-0.15, -0.1) is 9.60 Å². The van der Waals surface area contributed by atoms with Crippen molar-refractivity contribution in [2.75, 3.05) is 6.54 Å². The Kier molecular flexibility index (Phi) is 2.50. The zero-order chi connectivity index (χ0) is 7.56. The quantitative estimate of drug-likeness (QED) is 0.431. The van der Waals surface area contributed by atoms with Crippen molar-refractivity contribution >= 4 is 18.7 Å². The molecule has 1 aliphatic heterocycles. The van der Waals surface area contributed by atoms with Crippen molar-refractivity contribution in [2.24, 2.45) is 0 Å². The highest BCUT2D eigenvalue weighted by Crippen LogP contribution is 2.16. The van der Waals surface area contributed by atoms with Gasteiger partial charge in [-0.3, -0.25) is 4.79 Å². The molecule has 0 saturated carbocycles. The van der Waals surface area contributed by atoms with Crippen molar-refractivity contribution in [1.29, 1.82) is 0 Å². The number of nitrogens with one attached hydrogen (secondary N) is 1. The highest BCUT2D eigenvalue weighted by molar-refractivity contribution is 7.78. The minimum Gasteiger partial charge on any atom is -0.301 e. The zero-order valence-corrected chi connectivity index (χ0v) is 6.27. The van der Waals surface area contributed by atoms with Crippen LogP contribution in [0.25, 0.3) is 0 Å². The maximum absolute atomic E-state index is 12.6. The molecule has 5 heteroatoms. The molecular formula is C5H9FN2OS. The summed E-state index contributed by atoms with van der Waals surface area (Å²) in [6.45, 7) is 0.353. The van der Waals surface area contributed by atoms with Gasteiger partial charge in [0.1, 0.15) is 6.04 Å². The Morgan fingerprint density at radius 1 is 1.80 bits per heavy atom. The van der Waals surface area contributed by atoms with Gasteiger partial charge in [0.2, 0.25) is 5.91 Å². The van der Waals surface area contributed by atoms with Crippen LogP contribution in [-0.4, -0.2) is 23.6 Å². The molecule has 1 fully saturated rings. The van der Waals surface area contributed by atoms with Crippen LogP contribution in [0, 0.1) is 0 Å². The second-order valence-electron chi connectivity index (χ2n) is 2.26. The van der Waals surface area contributed by atoms with Crippen molar-refractivity contribution in [1.82, 2.24) is 9.84 Å². The smallest absolute Gasteiger partial charge is 0.249 e. The number of amides is 1. The molecule has 1 aliphatic rings. The first-order chi connectivity index (χ1) is 4.75. The maximum atomic E-state index is 12.6. The van der Waals surface area contributed by atoms with Gasteiger partial charge >= 0.3 is 0 Å². The fourth-order valence-electron chi connectivity index (χ4n) is 1.06. The predicted octanol–water partition coefficient (Wildman–Crippen LogP) is 0.296. The molecule has 1 rings (SSSR count). The van der Waals surface area contributed by atoms with Crippen molar-refractivity contribution in [3.05, 3.63) is 0 Å². The van der Waals surface area contributed by atoms with E-state index in [1.807, 2.05) is 0 Å². The number of carbonyl (C=O) groups excluding carboxylic acids is 1. The Morgan fingerprint density at radius 3 is 2.90 bits per heavy atom. The Morgan fingerprint density at radius 2 is 2.50 bits per heavy atom. The van der Waals surface area contributed by atoms with E-state index < -0.39 is 6.04 Å². The average Bonchev–Trinajstić information content (AvgIpc) is 2.34. The third-order valence-corrected chi connectivity index (χ3v) is 1.82. The van der Waals surface area contributed by atoms with Gasteiger partial charge in [-0.2, -0.15) is 0 Å². The molecular weight excluding hydrogens is 155 g/mol. The van der Waals surface area contributed by atoms with Crippen LogP contribution in [0.2, 0.25) is 0 Å². The first-order valence-corrected chi connectivity index (χ1v) is 3.57. The van der Waals surface area contributed by atoms with Gasteiger partial charge < -0.3 is 4.72 Å². The van der Waals surface area contributed by atoms with E-state index in [1.54, 1.807) is 0 Å². The number of thiol groups is 1. The van der Waals surface area contributed by atoms with Crippen LogP contribution in [0.3, 0.4) is 0 Å². The summed E-state index contributed by atoms with van der Waals surface area (Å²) in [7, 11) is 0. The van der Waals surface area contributed by atoms with E-state index in [0.717, 1.165) is 6.42 Å². The lowest BCUT2D eigenvalue weighted by molar-refractivity contribution is -0.129. The summed E-state index contributed by atoms with van der Waals surface area (Å²) in [6.07, 6.45) is 1.32. The van der Waals surface area contributed by atoms with Crippen LogP contribution >= 0.6 is 12.8 Å². The van der Waals surface area contributed by atoms with E-state index in [2.05, 4.69) is 17.5 Å². The monoisotopic (exact) mass is 164 g/mol. The van der Waals surface area contributed by atoms with Crippen molar-refractivity contribution in [3.8, 4) is 0 Å². The van der Waals surface area contributed by atoms with E-state index >= 15 is 0 Å². The Balaban J connectivity index is 2.46. The Hall–Kier alpha value is -0.290. The summed E-state index contributed by atoms with van der Waals surface area (Å²) in [6, 6.07) is -0.613. The maximum Gasteiger partial charge on any atom is 0.249 e. The fraction of sp³-hybridized carbons (Fsp3) is 0.800. The summed E-state index contributed by atoms with van der Waals surface area (Å²) in [5.41, 5.74) is 0. The summed E-state index contributed by atoms with van der Waals surface area (Å²) in [5.74, 6) is -0.358. The van der Waals surface area contributed by atoms with Crippen molar-refractivity contribution in [3.63, 3.8) is 0 Å². The minimum absolute atomic E-state index is 0.353.